The second-order valence-corrected chi connectivity index (χ2v) is 5.81. The highest BCUT2D eigenvalue weighted by atomic mass is 14.9. The molecule has 1 heteroatoms. The van der Waals surface area contributed by atoms with Gasteiger partial charge in [-0.15, -0.1) is 0 Å². The van der Waals surface area contributed by atoms with Gasteiger partial charge in [-0.05, 0) is 53.4 Å². The van der Waals surface area contributed by atoms with Crippen molar-refractivity contribution in [3.63, 3.8) is 0 Å². The van der Waals surface area contributed by atoms with Gasteiger partial charge in [0.1, 0.15) is 0 Å². The van der Waals surface area contributed by atoms with Crippen LogP contribution < -0.4 is 0 Å². The van der Waals surface area contributed by atoms with E-state index in [4.69, 9.17) is 0 Å². The van der Waals surface area contributed by atoms with Crippen LogP contribution in [0.5, 0.6) is 0 Å². The van der Waals surface area contributed by atoms with Crippen molar-refractivity contribution in [3.05, 3.63) is 78.1 Å². The van der Waals surface area contributed by atoms with Crippen molar-refractivity contribution >= 4 is 16.3 Å². The number of benzene rings is 2. The Hall–Kier alpha value is -2.54. The Labute approximate surface area is 130 Å². The van der Waals surface area contributed by atoms with Crippen LogP contribution in [0.1, 0.15) is 18.2 Å². The number of nitrogens with zero attached hydrogens (tertiary/aromatic N) is 1. The molecule has 0 saturated heterocycles. The normalized spacial score (nSPS) is 11.4. The highest BCUT2D eigenvalue weighted by Gasteiger charge is 2.15. The lowest BCUT2D eigenvalue weighted by Crippen LogP contribution is -1.86. The number of rotatable bonds is 2. The second kappa shape index (κ2) is 5.03. The molecule has 108 valence electrons. The Morgan fingerprint density at radius 3 is 2.45 bits per heavy atom. The molecule has 2 aromatic carbocycles. The van der Waals surface area contributed by atoms with E-state index in [0.29, 0.717) is 0 Å². The van der Waals surface area contributed by atoms with Crippen LogP contribution in [0.25, 0.3) is 27.4 Å². The zero-order valence-electron chi connectivity index (χ0n) is 13.0. The fourth-order valence-corrected chi connectivity index (χ4v) is 3.53. The second-order valence-electron chi connectivity index (χ2n) is 5.81. The van der Waals surface area contributed by atoms with Crippen molar-refractivity contribution < 1.29 is 0 Å². The van der Waals surface area contributed by atoms with Gasteiger partial charge < -0.3 is 4.40 Å². The van der Waals surface area contributed by atoms with Crippen molar-refractivity contribution in [2.75, 3.05) is 0 Å². The maximum absolute atomic E-state index is 2.32. The van der Waals surface area contributed by atoms with Gasteiger partial charge in [0, 0.05) is 23.0 Å². The van der Waals surface area contributed by atoms with Gasteiger partial charge in [0.2, 0.25) is 0 Å². The summed E-state index contributed by atoms with van der Waals surface area (Å²) in [7, 11) is 0. The topological polar surface area (TPSA) is 4.41 Å². The first-order valence-corrected chi connectivity index (χ1v) is 7.87. The fourth-order valence-electron chi connectivity index (χ4n) is 3.53. The summed E-state index contributed by atoms with van der Waals surface area (Å²) in [5.74, 6) is 0. The maximum Gasteiger partial charge on any atom is 0.0491 e. The van der Waals surface area contributed by atoms with Gasteiger partial charge in [-0.1, -0.05) is 49.4 Å². The van der Waals surface area contributed by atoms with Crippen molar-refractivity contribution in [1.29, 1.82) is 0 Å². The summed E-state index contributed by atoms with van der Waals surface area (Å²) in [6.07, 6.45) is 3.21. The lowest BCUT2D eigenvalue weighted by Gasteiger charge is -2.06. The molecular formula is C21H19N. The molecule has 0 saturated carbocycles. The third kappa shape index (κ3) is 1.86. The molecule has 0 fully saturated rings. The molecule has 0 bridgehead atoms. The van der Waals surface area contributed by atoms with Crippen LogP contribution in [0.15, 0.2) is 66.9 Å². The standard InChI is InChI=1S/C21H19N/c1-3-19-20-10-6-7-13-22(20)15(2)21(19)18-12-11-16-8-4-5-9-17(16)14-18/h4-14H,3H2,1-2H3. The van der Waals surface area contributed by atoms with Crippen molar-refractivity contribution in [2.45, 2.75) is 20.3 Å². The van der Waals surface area contributed by atoms with Gasteiger partial charge in [0.15, 0.2) is 0 Å². The Morgan fingerprint density at radius 1 is 0.864 bits per heavy atom. The first kappa shape index (κ1) is 13.1. The predicted molar refractivity (Wildman–Crippen MR) is 94.5 cm³/mol. The number of aryl methyl sites for hydroxylation is 2. The molecule has 0 N–H and O–H groups in total. The molecule has 0 aliphatic heterocycles. The molecule has 2 heterocycles. The lowest BCUT2D eigenvalue weighted by atomic mass is 9.97. The van der Waals surface area contributed by atoms with Crippen LogP contribution in [0.3, 0.4) is 0 Å². The van der Waals surface area contributed by atoms with Gasteiger partial charge in [0.25, 0.3) is 0 Å². The van der Waals surface area contributed by atoms with Crippen molar-refractivity contribution in [1.82, 2.24) is 4.40 Å². The highest BCUT2D eigenvalue weighted by molar-refractivity contribution is 5.90. The Bertz CT molecular complexity index is 976. The summed E-state index contributed by atoms with van der Waals surface area (Å²) in [5.41, 5.74) is 6.79. The van der Waals surface area contributed by atoms with E-state index in [9.17, 15) is 0 Å². The minimum absolute atomic E-state index is 1.05. The van der Waals surface area contributed by atoms with E-state index in [2.05, 4.69) is 85.1 Å². The molecule has 2 aromatic heterocycles. The van der Waals surface area contributed by atoms with Crippen molar-refractivity contribution in [2.24, 2.45) is 0 Å². The minimum atomic E-state index is 1.05. The lowest BCUT2D eigenvalue weighted by molar-refractivity contribution is 1.11. The molecular weight excluding hydrogens is 266 g/mol. The maximum atomic E-state index is 2.32. The molecule has 0 aliphatic rings. The van der Waals surface area contributed by atoms with Gasteiger partial charge >= 0.3 is 0 Å². The Morgan fingerprint density at radius 2 is 1.64 bits per heavy atom. The van der Waals surface area contributed by atoms with Crippen LogP contribution in [-0.2, 0) is 6.42 Å². The quantitative estimate of drug-likeness (QED) is 0.449. The molecule has 0 aliphatic carbocycles. The predicted octanol–water partition coefficient (Wildman–Crippen LogP) is 5.63. The summed E-state index contributed by atoms with van der Waals surface area (Å²) in [4.78, 5) is 0. The molecule has 4 rings (SSSR count). The zero-order chi connectivity index (χ0) is 15.1. The fraction of sp³-hybridized carbons (Fsp3) is 0.143. The summed E-state index contributed by atoms with van der Waals surface area (Å²) in [6.45, 7) is 4.46. The van der Waals surface area contributed by atoms with Crippen LogP contribution in [-0.4, -0.2) is 4.40 Å². The van der Waals surface area contributed by atoms with E-state index in [1.807, 2.05) is 0 Å². The SMILES string of the molecule is CCc1c(-c2ccc3ccccc3c2)c(C)n2ccccc12. The van der Waals surface area contributed by atoms with Crippen LogP contribution >= 0.6 is 0 Å². The average molecular weight is 285 g/mol. The number of pyridine rings is 1. The summed E-state index contributed by atoms with van der Waals surface area (Å²) >= 11 is 0. The average Bonchev–Trinajstić information content (AvgIpc) is 2.87. The first-order chi connectivity index (χ1) is 10.8. The van der Waals surface area contributed by atoms with E-state index in [0.717, 1.165) is 6.42 Å². The summed E-state index contributed by atoms with van der Waals surface area (Å²) < 4.78 is 2.31. The van der Waals surface area contributed by atoms with E-state index in [1.54, 1.807) is 0 Å². The third-order valence-corrected chi connectivity index (χ3v) is 4.59. The zero-order valence-corrected chi connectivity index (χ0v) is 13.0. The van der Waals surface area contributed by atoms with Gasteiger partial charge in [-0.25, -0.2) is 0 Å². The monoisotopic (exact) mass is 285 g/mol. The van der Waals surface area contributed by atoms with E-state index < -0.39 is 0 Å². The smallest absolute Gasteiger partial charge is 0.0491 e. The molecule has 22 heavy (non-hydrogen) atoms. The van der Waals surface area contributed by atoms with Crippen LogP contribution in [0.2, 0.25) is 0 Å². The van der Waals surface area contributed by atoms with Crippen molar-refractivity contribution in [3.8, 4) is 11.1 Å². The molecule has 0 radical (unpaired) electrons. The summed E-state index contributed by atoms with van der Waals surface area (Å²) in [5, 5.41) is 2.60. The third-order valence-electron chi connectivity index (χ3n) is 4.59. The molecule has 0 amide bonds. The van der Waals surface area contributed by atoms with Crippen LogP contribution in [0, 0.1) is 6.92 Å². The Balaban J connectivity index is 2.05. The highest BCUT2D eigenvalue weighted by Crippen LogP contribution is 2.34. The number of aromatic nitrogens is 1. The molecule has 0 unspecified atom stereocenters. The van der Waals surface area contributed by atoms with Gasteiger partial charge in [0.05, 0.1) is 0 Å². The van der Waals surface area contributed by atoms with E-state index in [1.165, 1.54) is 38.7 Å². The molecule has 4 aromatic rings. The van der Waals surface area contributed by atoms with Crippen LogP contribution in [0.4, 0.5) is 0 Å². The minimum Gasteiger partial charge on any atom is -0.320 e. The van der Waals surface area contributed by atoms with Gasteiger partial charge in [-0.2, -0.15) is 0 Å². The number of hydrogen-bond donors (Lipinski definition) is 0. The van der Waals surface area contributed by atoms with E-state index in [-0.39, 0.29) is 0 Å². The van der Waals surface area contributed by atoms with Gasteiger partial charge in [-0.3, -0.25) is 0 Å². The number of hydrogen-bond acceptors (Lipinski definition) is 0. The number of fused-ring (bicyclic) bond motifs is 2. The first-order valence-electron chi connectivity index (χ1n) is 7.87. The van der Waals surface area contributed by atoms with E-state index >= 15 is 0 Å². The Kier molecular flexibility index (Phi) is 3.00. The summed E-state index contributed by atoms with van der Waals surface area (Å²) in [6, 6.07) is 21.8. The molecule has 0 atom stereocenters. The molecule has 0 spiro atoms. The largest absolute Gasteiger partial charge is 0.320 e. The molecule has 1 nitrogen and oxygen atoms in total.